The SMILES string of the molecule is CCC1CC1Nc1nc(C)c(C(=O)O)s1. The summed E-state index contributed by atoms with van der Waals surface area (Å²) in [5.74, 6) is -0.150. The standard InChI is InChI=1S/C10H14N2O2S/c1-3-6-4-7(6)12-10-11-5(2)8(15-10)9(13)14/h6-7H,3-4H2,1-2H3,(H,11,12)(H,13,14). The molecule has 1 fully saturated rings. The first-order chi connectivity index (χ1) is 7.11. The average molecular weight is 226 g/mol. The number of hydrogen-bond acceptors (Lipinski definition) is 4. The van der Waals surface area contributed by atoms with Crippen molar-refractivity contribution < 1.29 is 9.90 Å². The minimum Gasteiger partial charge on any atom is -0.477 e. The van der Waals surface area contributed by atoms with Gasteiger partial charge < -0.3 is 10.4 Å². The van der Waals surface area contributed by atoms with Crippen molar-refractivity contribution in [2.45, 2.75) is 32.7 Å². The lowest BCUT2D eigenvalue weighted by molar-refractivity contribution is 0.0701. The van der Waals surface area contributed by atoms with Crippen LogP contribution in [0, 0.1) is 12.8 Å². The van der Waals surface area contributed by atoms with Gasteiger partial charge in [-0.3, -0.25) is 0 Å². The second-order valence-corrected chi connectivity index (χ2v) is 4.89. The van der Waals surface area contributed by atoms with Crippen LogP contribution in [-0.4, -0.2) is 22.1 Å². The molecule has 1 aliphatic rings. The van der Waals surface area contributed by atoms with Crippen LogP contribution in [-0.2, 0) is 0 Å². The summed E-state index contributed by atoms with van der Waals surface area (Å²) in [5, 5.41) is 12.9. The van der Waals surface area contributed by atoms with Crippen molar-refractivity contribution in [2.75, 3.05) is 5.32 Å². The Morgan fingerprint density at radius 3 is 2.93 bits per heavy atom. The number of aromatic carboxylic acids is 1. The van der Waals surface area contributed by atoms with E-state index < -0.39 is 5.97 Å². The maximum Gasteiger partial charge on any atom is 0.347 e. The highest BCUT2D eigenvalue weighted by Crippen LogP contribution is 2.37. The summed E-state index contributed by atoms with van der Waals surface area (Å²) >= 11 is 1.23. The van der Waals surface area contributed by atoms with Gasteiger partial charge in [-0.2, -0.15) is 0 Å². The van der Waals surface area contributed by atoms with Gasteiger partial charge >= 0.3 is 5.97 Å². The number of rotatable bonds is 4. The molecule has 0 aromatic carbocycles. The Kier molecular flexibility index (Phi) is 2.65. The lowest BCUT2D eigenvalue weighted by atomic mass is 10.3. The van der Waals surface area contributed by atoms with Crippen LogP contribution < -0.4 is 5.32 Å². The summed E-state index contributed by atoms with van der Waals surface area (Å²) in [7, 11) is 0. The lowest BCUT2D eigenvalue weighted by Gasteiger charge is -1.98. The molecule has 2 atom stereocenters. The fourth-order valence-corrected chi connectivity index (χ4v) is 2.56. The van der Waals surface area contributed by atoms with E-state index in [1.165, 1.54) is 24.2 Å². The number of carboxylic acids is 1. The largest absolute Gasteiger partial charge is 0.477 e. The number of hydrogen-bond donors (Lipinski definition) is 2. The first-order valence-corrected chi connectivity index (χ1v) is 5.90. The van der Waals surface area contributed by atoms with Crippen LogP contribution in [0.2, 0.25) is 0 Å². The van der Waals surface area contributed by atoms with Crippen LogP contribution in [0.5, 0.6) is 0 Å². The Morgan fingerprint density at radius 2 is 2.47 bits per heavy atom. The van der Waals surface area contributed by atoms with Gasteiger partial charge in [-0.25, -0.2) is 9.78 Å². The van der Waals surface area contributed by atoms with Crippen molar-refractivity contribution in [1.82, 2.24) is 4.98 Å². The van der Waals surface area contributed by atoms with Gasteiger partial charge in [0.1, 0.15) is 4.88 Å². The fraction of sp³-hybridized carbons (Fsp3) is 0.600. The third kappa shape index (κ3) is 2.12. The van der Waals surface area contributed by atoms with Crippen LogP contribution in [0.3, 0.4) is 0 Å². The Morgan fingerprint density at radius 1 is 1.73 bits per heavy atom. The number of nitrogens with one attached hydrogen (secondary N) is 1. The first kappa shape index (κ1) is 10.4. The van der Waals surface area contributed by atoms with Crippen molar-refractivity contribution in [2.24, 2.45) is 5.92 Å². The monoisotopic (exact) mass is 226 g/mol. The molecule has 2 N–H and O–H groups in total. The molecular formula is C10H14N2O2S. The zero-order chi connectivity index (χ0) is 11.0. The molecule has 1 aliphatic carbocycles. The minimum absolute atomic E-state index is 0.339. The number of thiazole rings is 1. The van der Waals surface area contributed by atoms with E-state index in [0.29, 0.717) is 16.6 Å². The van der Waals surface area contributed by atoms with E-state index in [1.54, 1.807) is 6.92 Å². The minimum atomic E-state index is -0.888. The highest BCUT2D eigenvalue weighted by Gasteiger charge is 2.35. The molecule has 5 heteroatoms. The number of carboxylic acid groups (broad SMARTS) is 1. The quantitative estimate of drug-likeness (QED) is 0.827. The summed E-state index contributed by atoms with van der Waals surface area (Å²) in [6, 6.07) is 0.502. The van der Waals surface area contributed by atoms with Crippen molar-refractivity contribution in [3.05, 3.63) is 10.6 Å². The second-order valence-electron chi connectivity index (χ2n) is 3.89. The Balaban J connectivity index is 2.04. The number of aryl methyl sites for hydroxylation is 1. The van der Waals surface area contributed by atoms with E-state index in [-0.39, 0.29) is 0 Å². The Hall–Kier alpha value is -1.10. The van der Waals surface area contributed by atoms with E-state index in [2.05, 4.69) is 17.2 Å². The maximum atomic E-state index is 10.8. The van der Waals surface area contributed by atoms with Crippen LogP contribution in [0.4, 0.5) is 5.13 Å². The average Bonchev–Trinajstić information content (AvgIpc) is 2.81. The Bertz CT molecular complexity index is 389. The van der Waals surface area contributed by atoms with Crippen LogP contribution in [0.25, 0.3) is 0 Å². The van der Waals surface area contributed by atoms with Gasteiger partial charge in [0.2, 0.25) is 0 Å². The maximum absolute atomic E-state index is 10.8. The van der Waals surface area contributed by atoms with E-state index >= 15 is 0 Å². The highest BCUT2D eigenvalue weighted by molar-refractivity contribution is 7.17. The summed E-state index contributed by atoms with van der Waals surface area (Å²) in [6.45, 7) is 3.90. The molecule has 0 saturated heterocycles. The third-order valence-electron chi connectivity index (χ3n) is 2.75. The summed E-state index contributed by atoms with van der Waals surface area (Å²) in [6.07, 6.45) is 2.35. The molecule has 1 heterocycles. The molecule has 0 aliphatic heterocycles. The zero-order valence-corrected chi connectivity index (χ0v) is 9.60. The highest BCUT2D eigenvalue weighted by atomic mass is 32.1. The van der Waals surface area contributed by atoms with E-state index in [1.807, 2.05) is 0 Å². The smallest absolute Gasteiger partial charge is 0.347 e. The van der Waals surface area contributed by atoms with Gasteiger partial charge in [0.25, 0.3) is 0 Å². The van der Waals surface area contributed by atoms with E-state index in [0.717, 1.165) is 11.0 Å². The number of anilines is 1. The molecule has 15 heavy (non-hydrogen) atoms. The summed E-state index contributed by atoms with van der Waals surface area (Å²) in [4.78, 5) is 15.3. The second kappa shape index (κ2) is 3.81. The van der Waals surface area contributed by atoms with Gasteiger partial charge in [-0.05, 0) is 19.3 Å². The number of nitrogens with zero attached hydrogens (tertiary/aromatic N) is 1. The van der Waals surface area contributed by atoms with E-state index in [4.69, 9.17) is 5.11 Å². The van der Waals surface area contributed by atoms with Gasteiger partial charge in [-0.15, -0.1) is 0 Å². The van der Waals surface area contributed by atoms with Crippen molar-refractivity contribution in [1.29, 1.82) is 0 Å². The van der Waals surface area contributed by atoms with Crippen molar-refractivity contribution in [3.8, 4) is 0 Å². The van der Waals surface area contributed by atoms with E-state index in [9.17, 15) is 4.79 Å². The van der Waals surface area contributed by atoms with Gasteiger partial charge in [-0.1, -0.05) is 24.7 Å². The van der Waals surface area contributed by atoms with Crippen LogP contribution in [0.1, 0.15) is 35.1 Å². The molecule has 1 saturated carbocycles. The molecule has 0 radical (unpaired) electrons. The molecule has 0 spiro atoms. The molecule has 2 unspecified atom stereocenters. The van der Waals surface area contributed by atoms with Gasteiger partial charge in [0.15, 0.2) is 5.13 Å². The topological polar surface area (TPSA) is 62.2 Å². The number of carbonyl (C=O) groups is 1. The molecule has 4 nitrogen and oxygen atoms in total. The normalized spacial score (nSPS) is 23.9. The predicted octanol–water partition coefficient (Wildman–Crippen LogP) is 2.36. The molecule has 2 rings (SSSR count). The van der Waals surface area contributed by atoms with Crippen molar-refractivity contribution in [3.63, 3.8) is 0 Å². The lowest BCUT2D eigenvalue weighted by Crippen LogP contribution is -2.03. The first-order valence-electron chi connectivity index (χ1n) is 5.09. The van der Waals surface area contributed by atoms with Gasteiger partial charge in [0.05, 0.1) is 5.69 Å². The summed E-state index contributed by atoms with van der Waals surface area (Å²) < 4.78 is 0. The molecule has 0 bridgehead atoms. The molecule has 1 aromatic heterocycles. The molecule has 0 amide bonds. The van der Waals surface area contributed by atoms with Crippen molar-refractivity contribution >= 4 is 22.4 Å². The molecule has 1 aromatic rings. The Labute approximate surface area is 92.3 Å². The molecular weight excluding hydrogens is 212 g/mol. The van der Waals surface area contributed by atoms with Crippen LogP contribution in [0.15, 0.2) is 0 Å². The zero-order valence-electron chi connectivity index (χ0n) is 8.78. The predicted molar refractivity (Wildman–Crippen MR) is 59.6 cm³/mol. The third-order valence-corrected chi connectivity index (χ3v) is 3.82. The number of aromatic nitrogens is 1. The summed E-state index contributed by atoms with van der Waals surface area (Å²) in [5.41, 5.74) is 0.601. The molecule has 82 valence electrons. The van der Waals surface area contributed by atoms with Crippen LogP contribution >= 0.6 is 11.3 Å². The fourth-order valence-electron chi connectivity index (χ4n) is 1.69. The van der Waals surface area contributed by atoms with Gasteiger partial charge in [0, 0.05) is 6.04 Å².